The Morgan fingerprint density at radius 2 is 1.90 bits per heavy atom. The molecule has 9 heteroatoms. The van der Waals surface area contributed by atoms with E-state index in [2.05, 4.69) is 31.8 Å². The average Bonchev–Trinajstić information content (AvgIpc) is 3.17. The number of nitrogens with one attached hydrogen (secondary N) is 2. The first kappa shape index (κ1) is 21.1. The van der Waals surface area contributed by atoms with Crippen LogP contribution in [-0.4, -0.2) is 24.6 Å². The fourth-order valence-electron chi connectivity index (χ4n) is 2.36. The van der Waals surface area contributed by atoms with Crippen LogP contribution in [0.2, 0.25) is 10.0 Å². The van der Waals surface area contributed by atoms with Gasteiger partial charge in [0.2, 0.25) is 0 Å². The van der Waals surface area contributed by atoms with Gasteiger partial charge in [-0.2, -0.15) is 5.10 Å². The van der Waals surface area contributed by atoms with E-state index in [-0.39, 0.29) is 12.5 Å². The molecule has 3 aromatic rings. The van der Waals surface area contributed by atoms with Gasteiger partial charge in [-0.15, -0.1) is 0 Å². The van der Waals surface area contributed by atoms with Gasteiger partial charge in [0.1, 0.15) is 11.5 Å². The van der Waals surface area contributed by atoms with Crippen LogP contribution in [0.25, 0.3) is 11.3 Å². The summed E-state index contributed by atoms with van der Waals surface area (Å²) in [6.45, 7) is -0.223. The lowest BCUT2D eigenvalue weighted by atomic mass is 10.2. The number of hydrogen-bond acceptors (Lipinski definition) is 4. The van der Waals surface area contributed by atoms with Gasteiger partial charge in [-0.1, -0.05) is 35.3 Å². The lowest BCUT2D eigenvalue weighted by Crippen LogP contribution is -2.35. The molecular weight excluding hydrogens is 481 g/mol. The molecule has 0 unspecified atom stereocenters. The maximum absolute atomic E-state index is 12.1. The van der Waals surface area contributed by atoms with Crippen molar-refractivity contribution in [3.63, 3.8) is 0 Å². The highest BCUT2D eigenvalue weighted by molar-refractivity contribution is 9.10. The average molecular weight is 495 g/mol. The molecule has 1 aromatic heterocycles. The molecule has 2 N–H and O–H groups in total. The number of rotatable bonds is 6. The third-order valence-corrected chi connectivity index (χ3v) is 4.99. The highest BCUT2D eigenvalue weighted by Crippen LogP contribution is 2.31. The highest BCUT2D eigenvalue weighted by Gasteiger charge is 2.11. The second kappa shape index (κ2) is 9.73. The van der Waals surface area contributed by atoms with Crippen molar-refractivity contribution < 1.29 is 14.0 Å². The van der Waals surface area contributed by atoms with Gasteiger partial charge in [0.15, 0.2) is 0 Å². The molecule has 2 aromatic carbocycles. The van der Waals surface area contributed by atoms with Crippen molar-refractivity contribution in [1.29, 1.82) is 0 Å². The quantitative estimate of drug-likeness (QED) is 0.377. The van der Waals surface area contributed by atoms with Crippen molar-refractivity contribution in [1.82, 2.24) is 10.7 Å². The van der Waals surface area contributed by atoms with Crippen LogP contribution in [0, 0.1) is 0 Å². The van der Waals surface area contributed by atoms with Gasteiger partial charge in [-0.3, -0.25) is 9.59 Å². The number of halogens is 3. The summed E-state index contributed by atoms with van der Waals surface area (Å²) in [6.07, 6.45) is 1.34. The molecule has 2 amide bonds. The van der Waals surface area contributed by atoms with Gasteiger partial charge >= 0.3 is 0 Å². The van der Waals surface area contributed by atoms with Gasteiger partial charge in [0.25, 0.3) is 11.8 Å². The minimum absolute atomic E-state index is 0.223. The third-order valence-electron chi connectivity index (χ3n) is 3.73. The summed E-state index contributed by atoms with van der Waals surface area (Å²) in [4.78, 5) is 23.9. The Hall–Kier alpha value is -2.61. The number of carbonyl (C=O) groups excluding carboxylic acids is 2. The van der Waals surface area contributed by atoms with E-state index in [1.807, 2.05) is 0 Å². The van der Waals surface area contributed by atoms with Crippen molar-refractivity contribution in [3.8, 4) is 11.3 Å². The lowest BCUT2D eigenvalue weighted by Gasteiger charge is -2.05. The van der Waals surface area contributed by atoms with Crippen LogP contribution in [0.5, 0.6) is 0 Å². The fraction of sp³-hybridized carbons (Fsp3) is 0.0500. The second-order valence-electron chi connectivity index (χ2n) is 5.78. The topological polar surface area (TPSA) is 83.7 Å². The minimum atomic E-state index is -0.480. The van der Waals surface area contributed by atoms with E-state index in [4.69, 9.17) is 27.6 Å². The minimum Gasteiger partial charge on any atom is -0.455 e. The summed E-state index contributed by atoms with van der Waals surface area (Å²) >= 11 is 15.4. The third kappa shape index (κ3) is 5.69. The molecule has 148 valence electrons. The Morgan fingerprint density at radius 1 is 1.10 bits per heavy atom. The zero-order chi connectivity index (χ0) is 20.8. The van der Waals surface area contributed by atoms with E-state index in [0.29, 0.717) is 37.2 Å². The number of benzene rings is 2. The zero-order valence-corrected chi connectivity index (χ0v) is 17.9. The molecular formula is C20H14BrCl2N3O3. The van der Waals surface area contributed by atoms with Crippen molar-refractivity contribution in [2.24, 2.45) is 5.10 Å². The summed E-state index contributed by atoms with van der Waals surface area (Å²) in [5, 5.41) is 7.38. The first-order chi connectivity index (χ1) is 13.9. The molecule has 0 saturated carbocycles. The Balaban J connectivity index is 1.53. The summed E-state index contributed by atoms with van der Waals surface area (Å²) in [7, 11) is 0. The molecule has 0 aliphatic heterocycles. The van der Waals surface area contributed by atoms with Gasteiger partial charge in [0.05, 0.1) is 23.3 Å². The van der Waals surface area contributed by atoms with E-state index < -0.39 is 5.91 Å². The smallest absolute Gasteiger partial charge is 0.259 e. The van der Waals surface area contributed by atoms with Crippen molar-refractivity contribution in [2.75, 3.05) is 6.54 Å². The van der Waals surface area contributed by atoms with Crippen LogP contribution in [0.1, 0.15) is 16.1 Å². The van der Waals surface area contributed by atoms with Gasteiger partial charge in [0, 0.05) is 15.1 Å². The lowest BCUT2D eigenvalue weighted by molar-refractivity contribution is -0.120. The molecule has 0 bridgehead atoms. The highest BCUT2D eigenvalue weighted by atomic mass is 79.9. The van der Waals surface area contributed by atoms with E-state index in [1.165, 1.54) is 6.21 Å². The number of hydrazone groups is 1. The molecule has 3 rings (SSSR count). The van der Waals surface area contributed by atoms with Gasteiger partial charge in [-0.25, -0.2) is 5.43 Å². The van der Waals surface area contributed by atoms with Crippen molar-refractivity contribution in [3.05, 3.63) is 80.4 Å². The predicted molar refractivity (Wildman–Crippen MR) is 116 cm³/mol. The Kier molecular flexibility index (Phi) is 7.09. The van der Waals surface area contributed by atoms with Crippen LogP contribution in [0.15, 0.2) is 68.6 Å². The number of amides is 2. The van der Waals surface area contributed by atoms with Crippen molar-refractivity contribution >= 4 is 57.2 Å². The standard InChI is InChI=1S/C20H14BrCl2N3O3/c21-16-4-2-1-3-14(16)20(28)24-11-19(27)26-25-10-13-6-8-18(29-13)15-9-12(22)5-7-17(15)23/h1-10H,11H2,(H,24,28)(H,26,27)/b25-10-. The fourth-order valence-corrected chi connectivity index (χ4v) is 3.21. The van der Waals surface area contributed by atoms with E-state index in [1.54, 1.807) is 54.6 Å². The molecule has 0 saturated heterocycles. The Morgan fingerprint density at radius 3 is 2.69 bits per heavy atom. The van der Waals surface area contributed by atoms with Crippen LogP contribution >= 0.6 is 39.1 Å². The van der Waals surface area contributed by atoms with E-state index in [0.717, 1.165) is 0 Å². The van der Waals surface area contributed by atoms with Gasteiger partial charge < -0.3 is 9.73 Å². The normalized spacial score (nSPS) is 10.9. The molecule has 0 radical (unpaired) electrons. The maximum Gasteiger partial charge on any atom is 0.259 e. The van der Waals surface area contributed by atoms with Crippen LogP contribution in [0.4, 0.5) is 0 Å². The van der Waals surface area contributed by atoms with Crippen molar-refractivity contribution in [2.45, 2.75) is 0 Å². The number of hydrogen-bond donors (Lipinski definition) is 2. The number of carbonyl (C=O) groups is 2. The molecule has 1 heterocycles. The number of nitrogens with zero attached hydrogens (tertiary/aromatic N) is 1. The first-order valence-corrected chi connectivity index (χ1v) is 9.89. The zero-order valence-electron chi connectivity index (χ0n) is 14.8. The first-order valence-electron chi connectivity index (χ1n) is 8.34. The van der Waals surface area contributed by atoms with Gasteiger partial charge in [-0.05, 0) is 58.4 Å². The molecule has 0 fully saturated rings. The molecule has 6 nitrogen and oxygen atoms in total. The molecule has 29 heavy (non-hydrogen) atoms. The molecule has 0 spiro atoms. The van der Waals surface area contributed by atoms with Crippen LogP contribution in [0.3, 0.4) is 0 Å². The van der Waals surface area contributed by atoms with Crippen LogP contribution in [-0.2, 0) is 4.79 Å². The summed E-state index contributed by atoms with van der Waals surface area (Å²) in [5.41, 5.74) is 3.41. The van der Waals surface area contributed by atoms with E-state index in [9.17, 15) is 9.59 Å². The number of furan rings is 1. The summed E-state index contributed by atoms with van der Waals surface area (Å²) in [6, 6.07) is 15.4. The Bertz CT molecular complexity index is 1080. The molecule has 0 atom stereocenters. The monoisotopic (exact) mass is 493 g/mol. The predicted octanol–water partition coefficient (Wildman–Crippen LogP) is 4.90. The summed E-state index contributed by atoms with van der Waals surface area (Å²) < 4.78 is 6.28. The molecule has 0 aliphatic carbocycles. The maximum atomic E-state index is 12.1. The second-order valence-corrected chi connectivity index (χ2v) is 7.48. The Labute approximate surface area is 185 Å². The SMILES string of the molecule is O=C(CNC(=O)c1ccccc1Br)N/N=C\c1ccc(-c2cc(Cl)ccc2Cl)o1. The largest absolute Gasteiger partial charge is 0.455 e. The summed E-state index contributed by atoms with van der Waals surface area (Å²) in [5.74, 6) is 0.0802. The molecule has 0 aliphatic rings. The van der Waals surface area contributed by atoms with Crippen LogP contribution < -0.4 is 10.7 Å². The van der Waals surface area contributed by atoms with E-state index >= 15 is 0 Å².